The molecule has 138 valence electrons. The lowest BCUT2D eigenvalue weighted by atomic mass is 10.1. The Bertz CT molecular complexity index is 788. The summed E-state index contributed by atoms with van der Waals surface area (Å²) in [4.78, 5) is 24.1. The number of alkyl halides is 3. The summed E-state index contributed by atoms with van der Waals surface area (Å²) in [6, 6.07) is 13.7. The first-order valence-corrected chi connectivity index (χ1v) is 8.04. The second-order valence-electron chi connectivity index (χ2n) is 5.88. The monoisotopic (exact) mass is 364 g/mol. The zero-order valence-corrected chi connectivity index (χ0v) is 14.2. The highest BCUT2D eigenvalue weighted by molar-refractivity contribution is 6.03. The van der Waals surface area contributed by atoms with Crippen LogP contribution in [0, 0.1) is 6.92 Å². The molecule has 0 saturated carbocycles. The quantitative estimate of drug-likeness (QED) is 0.818. The van der Waals surface area contributed by atoms with Crippen LogP contribution in [0.25, 0.3) is 0 Å². The third-order valence-corrected chi connectivity index (χ3v) is 3.62. The molecule has 0 unspecified atom stereocenters. The first-order valence-electron chi connectivity index (χ1n) is 8.04. The van der Waals surface area contributed by atoms with Gasteiger partial charge in [-0.2, -0.15) is 13.2 Å². The second kappa shape index (κ2) is 8.51. The molecule has 2 N–H and O–H groups in total. The first kappa shape index (κ1) is 19.5. The molecule has 0 aliphatic heterocycles. The van der Waals surface area contributed by atoms with Crippen LogP contribution in [0.15, 0.2) is 48.5 Å². The molecule has 2 amide bonds. The van der Waals surface area contributed by atoms with Crippen LogP contribution in [0.5, 0.6) is 0 Å². The van der Waals surface area contributed by atoms with Crippen molar-refractivity contribution in [3.05, 3.63) is 65.2 Å². The summed E-state index contributed by atoms with van der Waals surface area (Å²) in [5.41, 5.74) is 2.27. The number of hydrogen-bond acceptors (Lipinski definition) is 2. The molecule has 0 heterocycles. The molecular formula is C19H19F3N2O2. The number of para-hydroxylation sites is 1. The molecule has 2 aromatic rings. The zero-order valence-electron chi connectivity index (χ0n) is 14.2. The SMILES string of the molecule is Cc1cccc(CCC(=O)Nc2ccccc2C(=O)NCC(F)(F)F)c1. The molecule has 0 aliphatic carbocycles. The fourth-order valence-electron chi connectivity index (χ4n) is 2.40. The summed E-state index contributed by atoms with van der Waals surface area (Å²) in [6.07, 6.45) is -3.78. The highest BCUT2D eigenvalue weighted by Gasteiger charge is 2.28. The minimum absolute atomic E-state index is 0.0133. The molecule has 2 aromatic carbocycles. The van der Waals surface area contributed by atoms with Crippen molar-refractivity contribution in [1.82, 2.24) is 5.32 Å². The van der Waals surface area contributed by atoms with Crippen LogP contribution in [-0.2, 0) is 11.2 Å². The molecule has 26 heavy (non-hydrogen) atoms. The Kier molecular flexibility index (Phi) is 6.38. The van der Waals surface area contributed by atoms with Gasteiger partial charge in [-0.1, -0.05) is 42.0 Å². The van der Waals surface area contributed by atoms with Gasteiger partial charge in [0, 0.05) is 6.42 Å². The molecular weight excluding hydrogens is 345 g/mol. The summed E-state index contributed by atoms with van der Waals surface area (Å²) in [5, 5.41) is 4.39. The third-order valence-electron chi connectivity index (χ3n) is 3.62. The van der Waals surface area contributed by atoms with Crippen molar-refractivity contribution in [2.45, 2.75) is 25.9 Å². The van der Waals surface area contributed by atoms with E-state index in [0.717, 1.165) is 11.1 Å². The Labute approximate surface area is 149 Å². The summed E-state index contributed by atoms with van der Waals surface area (Å²) in [6.45, 7) is 0.529. The average molecular weight is 364 g/mol. The number of halogens is 3. The molecule has 0 fully saturated rings. The number of nitrogens with one attached hydrogen (secondary N) is 2. The molecule has 2 rings (SSSR count). The Hall–Kier alpha value is -2.83. The van der Waals surface area contributed by atoms with Crippen LogP contribution in [0.4, 0.5) is 18.9 Å². The Morgan fingerprint density at radius 3 is 2.46 bits per heavy atom. The van der Waals surface area contributed by atoms with Crippen molar-refractivity contribution >= 4 is 17.5 Å². The van der Waals surface area contributed by atoms with Crippen LogP contribution >= 0.6 is 0 Å². The fraction of sp³-hybridized carbons (Fsp3) is 0.263. The highest BCUT2D eigenvalue weighted by Crippen LogP contribution is 2.17. The van der Waals surface area contributed by atoms with E-state index in [0.29, 0.717) is 6.42 Å². The maximum Gasteiger partial charge on any atom is 0.405 e. The molecule has 0 spiro atoms. The van der Waals surface area contributed by atoms with Gasteiger partial charge in [0.15, 0.2) is 0 Å². The molecule has 0 saturated heterocycles. The van der Waals surface area contributed by atoms with Crippen molar-refractivity contribution < 1.29 is 22.8 Å². The molecule has 0 atom stereocenters. The van der Waals surface area contributed by atoms with Crippen molar-refractivity contribution in [2.24, 2.45) is 0 Å². The van der Waals surface area contributed by atoms with Gasteiger partial charge in [-0.15, -0.1) is 0 Å². The van der Waals surface area contributed by atoms with Crippen molar-refractivity contribution in [3.8, 4) is 0 Å². The Balaban J connectivity index is 1.98. The van der Waals surface area contributed by atoms with E-state index in [-0.39, 0.29) is 23.6 Å². The van der Waals surface area contributed by atoms with E-state index < -0.39 is 18.6 Å². The van der Waals surface area contributed by atoms with Gasteiger partial charge in [0.1, 0.15) is 6.54 Å². The van der Waals surface area contributed by atoms with Gasteiger partial charge < -0.3 is 10.6 Å². The van der Waals surface area contributed by atoms with E-state index in [1.165, 1.54) is 18.2 Å². The van der Waals surface area contributed by atoms with Crippen LogP contribution in [0.2, 0.25) is 0 Å². The number of carbonyl (C=O) groups is 2. The van der Waals surface area contributed by atoms with Gasteiger partial charge in [-0.25, -0.2) is 0 Å². The lowest BCUT2D eigenvalue weighted by molar-refractivity contribution is -0.123. The number of hydrogen-bond donors (Lipinski definition) is 2. The molecule has 7 heteroatoms. The maximum atomic E-state index is 12.2. The number of carbonyl (C=O) groups excluding carboxylic acids is 2. The van der Waals surface area contributed by atoms with Crippen LogP contribution in [0.3, 0.4) is 0 Å². The highest BCUT2D eigenvalue weighted by atomic mass is 19.4. The van der Waals surface area contributed by atoms with E-state index >= 15 is 0 Å². The van der Waals surface area contributed by atoms with Gasteiger partial charge in [0.05, 0.1) is 11.3 Å². The van der Waals surface area contributed by atoms with E-state index in [1.807, 2.05) is 31.2 Å². The molecule has 0 aromatic heterocycles. The smallest absolute Gasteiger partial charge is 0.343 e. The predicted molar refractivity (Wildman–Crippen MR) is 93.0 cm³/mol. The number of rotatable bonds is 6. The number of amides is 2. The summed E-state index contributed by atoms with van der Waals surface area (Å²) >= 11 is 0. The molecule has 0 aliphatic rings. The summed E-state index contributed by atoms with van der Waals surface area (Å²) in [5.74, 6) is -1.21. The normalized spacial score (nSPS) is 11.1. The van der Waals surface area contributed by atoms with Crippen molar-refractivity contribution in [1.29, 1.82) is 0 Å². The lowest BCUT2D eigenvalue weighted by Gasteiger charge is -2.12. The topological polar surface area (TPSA) is 58.2 Å². The predicted octanol–water partition coefficient (Wildman–Crippen LogP) is 3.86. The summed E-state index contributed by atoms with van der Waals surface area (Å²) < 4.78 is 36.7. The van der Waals surface area contributed by atoms with Gasteiger partial charge in [-0.05, 0) is 31.0 Å². The van der Waals surface area contributed by atoms with Gasteiger partial charge >= 0.3 is 6.18 Å². The Morgan fingerprint density at radius 1 is 1.04 bits per heavy atom. The minimum atomic E-state index is -4.50. The largest absolute Gasteiger partial charge is 0.405 e. The lowest BCUT2D eigenvalue weighted by Crippen LogP contribution is -2.34. The van der Waals surface area contributed by atoms with Crippen LogP contribution in [0.1, 0.15) is 27.9 Å². The van der Waals surface area contributed by atoms with Gasteiger partial charge in [0.25, 0.3) is 5.91 Å². The van der Waals surface area contributed by atoms with Crippen LogP contribution < -0.4 is 10.6 Å². The first-order chi connectivity index (χ1) is 12.2. The molecule has 4 nitrogen and oxygen atoms in total. The molecule has 0 radical (unpaired) electrons. The molecule has 0 bridgehead atoms. The average Bonchev–Trinajstić information content (AvgIpc) is 2.58. The van der Waals surface area contributed by atoms with Crippen LogP contribution in [-0.4, -0.2) is 24.5 Å². The zero-order chi connectivity index (χ0) is 19.2. The Morgan fingerprint density at radius 2 is 1.77 bits per heavy atom. The number of aryl methyl sites for hydroxylation is 2. The van der Waals surface area contributed by atoms with Gasteiger partial charge in [0.2, 0.25) is 5.91 Å². The fourth-order valence-corrected chi connectivity index (χ4v) is 2.40. The van der Waals surface area contributed by atoms with E-state index in [4.69, 9.17) is 0 Å². The van der Waals surface area contributed by atoms with Crippen molar-refractivity contribution in [3.63, 3.8) is 0 Å². The van der Waals surface area contributed by atoms with Gasteiger partial charge in [-0.3, -0.25) is 9.59 Å². The van der Waals surface area contributed by atoms with E-state index in [1.54, 1.807) is 11.4 Å². The second-order valence-corrected chi connectivity index (χ2v) is 5.88. The number of anilines is 1. The third kappa shape index (κ3) is 6.23. The van der Waals surface area contributed by atoms with Crippen molar-refractivity contribution in [2.75, 3.05) is 11.9 Å². The summed E-state index contributed by atoms with van der Waals surface area (Å²) in [7, 11) is 0. The maximum absolute atomic E-state index is 12.2. The standard InChI is InChI=1S/C19H19F3N2O2/c1-13-5-4-6-14(11-13)9-10-17(25)24-16-8-3-2-7-15(16)18(26)23-12-19(20,21)22/h2-8,11H,9-10,12H2,1H3,(H,23,26)(H,24,25). The number of benzene rings is 2. The minimum Gasteiger partial charge on any atom is -0.343 e. The van der Waals surface area contributed by atoms with E-state index in [2.05, 4.69) is 5.32 Å². The van der Waals surface area contributed by atoms with E-state index in [9.17, 15) is 22.8 Å².